The summed E-state index contributed by atoms with van der Waals surface area (Å²) >= 11 is 1.47. The SMILES string of the molecule is Cc1nc(C(C)(C)NCc2cnc(N)s2)no1. The van der Waals surface area contributed by atoms with E-state index in [1.165, 1.54) is 11.3 Å². The van der Waals surface area contributed by atoms with Crippen molar-refractivity contribution in [3.05, 3.63) is 22.8 Å². The second-order valence-corrected chi connectivity index (χ2v) is 5.43. The normalized spacial score (nSPS) is 11.9. The van der Waals surface area contributed by atoms with Gasteiger partial charge in [0.15, 0.2) is 11.0 Å². The molecule has 0 saturated heterocycles. The van der Waals surface area contributed by atoms with Crippen LogP contribution in [-0.4, -0.2) is 15.1 Å². The second kappa shape index (κ2) is 4.42. The Balaban J connectivity index is 2.02. The molecular formula is C10H15N5OS. The molecule has 0 bridgehead atoms. The van der Waals surface area contributed by atoms with Gasteiger partial charge in [0.1, 0.15) is 0 Å². The summed E-state index contributed by atoms with van der Waals surface area (Å²) in [6.45, 7) is 6.45. The van der Waals surface area contributed by atoms with Crippen molar-refractivity contribution in [2.75, 3.05) is 5.73 Å². The molecule has 92 valence electrons. The highest BCUT2D eigenvalue weighted by Gasteiger charge is 2.25. The largest absolute Gasteiger partial charge is 0.375 e. The third kappa shape index (κ3) is 2.80. The van der Waals surface area contributed by atoms with Crippen LogP contribution >= 0.6 is 11.3 Å². The quantitative estimate of drug-likeness (QED) is 0.857. The number of nitrogen functional groups attached to an aromatic ring is 1. The van der Waals surface area contributed by atoms with Gasteiger partial charge in [-0.15, -0.1) is 11.3 Å². The number of nitrogens with one attached hydrogen (secondary N) is 1. The van der Waals surface area contributed by atoms with Gasteiger partial charge >= 0.3 is 0 Å². The van der Waals surface area contributed by atoms with Crippen LogP contribution in [0.1, 0.15) is 30.4 Å². The van der Waals surface area contributed by atoms with Gasteiger partial charge in [0, 0.05) is 24.5 Å². The van der Waals surface area contributed by atoms with Crippen molar-refractivity contribution in [2.45, 2.75) is 32.9 Å². The number of nitrogens with two attached hydrogens (primary N) is 1. The average molecular weight is 253 g/mol. The molecule has 0 aliphatic carbocycles. The predicted molar refractivity (Wildman–Crippen MR) is 65.4 cm³/mol. The molecule has 0 aromatic carbocycles. The van der Waals surface area contributed by atoms with Gasteiger partial charge in [0.2, 0.25) is 5.89 Å². The van der Waals surface area contributed by atoms with E-state index >= 15 is 0 Å². The highest BCUT2D eigenvalue weighted by atomic mass is 32.1. The third-order valence-electron chi connectivity index (χ3n) is 2.36. The minimum atomic E-state index is -0.351. The Morgan fingerprint density at radius 2 is 2.29 bits per heavy atom. The molecule has 3 N–H and O–H groups in total. The summed E-state index contributed by atoms with van der Waals surface area (Å²) in [6, 6.07) is 0. The molecule has 0 unspecified atom stereocenters. The molecule has 0 spiro atoms. The minimum absolute atomic E-state index is 0.351. The predicted octanol–water partition coefficient (Wildman–Crippen LogP) is 1.44. The molecule has 6 nitrogen and oxygen atoms in total. The summed E-state index contributed by atoms with van der Waals surface area (Å²) in [7, 11) is 0. The van der Waals surface area contributed by atoms with E-state index in [0.717, 1.165) is 4.88 Å². The van der Waals surface area contributed by atoms with Gasteiger partial charge in [-0.2, -0.15) is 4.98 Å². The highest BCUT2D eigenvalue weighted by molar-refractivity contribution is 7.15. The lowest BCUT2D eigenvalue weighted by atomic mass is 10.1. The zero-order valence-electron chi connectivity index (χ0n) is 10.0. The molecule has 0 fully saturated rings. The molecule has 0 aliphatic heterocycles. The molecule has 0 saturated carbocycles. The fraction of sp³-hybridized carbons (Fsp3) is 0.500. The lowest BCUT2D eigenvalue weighted by Gasteiger charge is -2.21. The van der Waals surface area contributed by atoms with E-state index in [4.69, 9.17) is 10.3 Å². The van der Waals surface area contributed by atoms with E-state index in [9.17, 15) is 0 Å². The van der Waals surface area contributed by atoms with Crippen LogP contribution in [-0.2, 0) is 12.1 Å². The molecule has 7 heteroatoms. The summed E-state index contributed by atoms with van der Waals surface area (Å²) in [4.78, 5) is 9.30. The lowest BCUT2D eigenvalue weighted by Crippen LogP contribution is -2.36. The Bertz CT molecular complexity index is 504. The number of thiazole rings is 1. The van der Waals surface area contributed by atoms with Crippen LogP contribution in [0.25, 0.3) is 0 Å². The van der Waals surface area contributed by atoms with Crippen LogP contribution in [0.4, 0.5) is 5.13 Å². The van der Waals surface area contributed by atoms with Gasteiger partial charge in [-0.1, -0.05) is 5.16 Å². The fourth-order valence-corrected chi connectivity index (χ4v) is 1.97. The number of rotatable bonds is 4. The standard InChI is InChI=1S/C10H15N5OS/c1-6-14-8(15-16-6)10(2,3)13-5-7-4-12-9(11)17-7/h4,13H,5H2,1-3H3,(H2,11,12). The van der Waals surface area contributed by atoms with Crippen molar-refractivity contribution in [2.24, 2.45) is 0 Å². The first-order chi connectivity index (χ1) is 7.97. The first kappa shape index (κ1) is 12.0. The van der Waals surface area contributed by atoms with E-state index in [-0.39, 0.29) is 5.54 Å². The first-order valence-corrected chi connectivity index (χ1v) is 6.05. The van der Waals surface area contributed by atoms with Gasteiger partial charge in [0.25, 0.3) is 0 Å². The molecule has 17 heavy (non-hydrogen) atoms. The van der Waals surface area contributed by atoms with E-state index in [2.05, 4.69) is 20.4 Å². The maximum Gasteiger partial charge on any atom is 0.223 e. The third-order valence-corrected chi connectivity index (χ3v) is 3.19. The van der Waals surface area contributed by atoms with Crippen molar-refractivity contribution in [3.63, 3.8) is 0 Å². The summed E-state index contributed by atoms with van der Waals surface area (Å²) in [5.41, 5.74) is 5.22. The zero-order chi connectivity index (χ0) is 12.5. The van der Waals surface area contributed by atoms with Crippen molar-refractivity contribution in [3.8, 4) is 0 Å². The summed E-state index contributed by atoms with van der Waals surface area (Å²) in [5.74, 6) is 1.21. The van der Waals surface area contributed by atoms with Gasteiger partial charge in [-0.3, -0.25) is 0 Å². The molecule has 0 amide bonds. The Morgan fingerprint density at radius 3 is 2.82 bits per heavy atom. The van der Waals surface area contributed by atoms with Crippen molar-refractivity contribution in [1.82, 2.24) is 20.4 Å². The topological polar surface area (TPSA) is 89.9 Å². The van der Waals surface area contributed by atoms with Gasteiger partial charge < -0.3 is 15.6 Å². The number of aromatic nitrogens is 3. The van der Waals surface area contributed by atoms with Gasteiger partial charge in [0.05, 0.1) is 5.54 Å². The maximum atomic E-state index is 5.57. The second-order valence-electron chi connectivity index (χ2n) is 4.28. The number of aryl methyl sites for hydroxylation is 1. The van der Waals surface area contributed by atoms with Crippen molar-refractivity contribution < 1.29 is 4.52 Å². The van der Waals surface area contributed by atoms with E-state index in [1.54, 1.807) is 13.1 Å². The fourth-order valence-electron chi connectivity index (χ4n) is 1.34. The zero-order valence-corrected chi connectivity index (χ0v) is 10.8. The molecule has 2 rings (SSSR count). The monoisotopic (exact) mass is 253 g/mol. The Labute approximate surface area is 103 Å². The summed E-state index contributed by atoms with van der Waals surface area (Å²) < 4.78 is 4.98. The lowest BCUT2D eigenvalue weighted by molar-refractivity contribution is 0.338. The number of nitrogens with zero attached hydrogens (tertiary/aromatic N) is 3. The Hall–Kier alpha value is -1.47. The molecule has 0 radical (unpaired) electrons. The van der Waals surface area contributed by atoms with Crippen LogP contribution in [0.2, 0.25) is 0 Å². The van der Waals surface area contributed by atoms with Gasteiger partial charge in [-0.25, -0.2) is 4.98 Å². The van der Waals surface area contributed by atoms with Gasteiger partial charge in [-0.05, 0) is 13.8 Å². The molecule has 2 heterocycles. The summed E-state index contributed by atoms with van der Waals surface area (Å²) in [5, 5.41) is 7.85. The van der Waals surface area contributed by atoms with Crippen molar-refractivity contribution in [1.29, 1.82) is 0 Å². The van der Waals surface area contributed by atoms with E-state index in [0.29, 0.717) is 23.4 Å². The molecule has 2 aromatic heterocycles. The number of hydrogen-bond donors (Lipinski definition) is 2. The number of hydrogen-bond acceptors (Lipinski definition) is 7. The molecule has 2 aromatic rings. The first-order valence-electron chi connectivity index (χ1n) is 5.23. The molecule has 0 aliphatic rings. The Kier molecular flexibility index (Phi) is 3.12. The Morgan fingerprint density at radius 1 is 1.53 bits per heavy atom. The van der Waals surface area contributed by atoms with E-state index < -0.39 is 0 Å². The van der Waals surface area contributed by atoms with E-state index in [1.807, 2.05) is 13.8 Å². The molecular weight excluding hydrogens is 238 g/mol. The highest BCUT2D eigenvalue weighted by Crippen LogP contribution is 2.19. The number of anilines is 1. The molecule has 0 atom stereocenters. The van der Waals surface area contributed by atoms with Crippen molar-refractivity contribution >= 4 is 16.5 Å². The van der Waals surface area contributed by atoms with Crippen LogP contribution in [0, 0.1) is 6.92 Å². The van der Waals surface area contributed by atoms with Crippen LogP contribution in [0.15, 0.2) is 10.7 Å². The maximum absolute atomic E-state index is 5.57. The smallest absolute Gasteiger partial charge is 0.223 e. The summed E-state index contributed by atoms with van der Waals surface area (Å²) in [6.07, 6.45) is 1.77. The van der Waals surface area contributed by atoms with Crippen LogP contribution in [0.3, 0.4) is 0 Å². The average Bonchev–Trinajstić information content (AvgIpc) is 2.85. The van der Waals surface area contributed by atoms with Crippen LogP contribution in [0.5, 0.6) is 0 Å². The van der Waals surface area contributed by atoms with Crippen LogP contribution < -0.4 is 11.1 Å². The minimum Gasteiger partial charge on any atom is -0.375 e.